The third-order valence-corrected chi connectivity index (χ3v) is 4.03. The Morgan fingerprint density at radius 1 is 1.24 bits per heavy atom. The van der Waals surface area contributed by atoms with E-state index in [9.17, 15) is 9.59 Å². The summed E-state index contributed by atoms with van der Waals surface area (Å²) in [6.07, 6.45) is 3.72. The molecule has 0 spiro atoms. The molecule has 0 unspecified atom stereocenters. The van der Waals surface area contributed by atoms with Crippen LogP contribution < -0.4 is 10.2 Å². The van der Waals surface area contributed by atoms with Gasteiger partial charge in [-0.3, -0.25) is 9.59 Å². The summed E-state index contributed by atoms with van der Waals surface area (Å²) >= 11 is 0. The van der Waals surface area contributed by atoms with Crippen molar-refractivity contribution >= 4 is 23.2 Å². The molecular formula is C17H24N2O2. The monoisotopic (exact) mass is 288 g/mol. The van der Waals surface area contributed by atoms with Gasteiger partial charge < -0.3 is 10.2 Å². The molecule has 2 amide bonds. The number of carbonyl (C=O) groups excluding carboxylic acids is 2. The first-order chi connectivity index (χ1) is 10.1. The van der Waals surface area contributed by atoms with Crippen LogP contribution in [0.2, 0.25) is 0 Å². The third kappa shape index (κ3) is 3.63. The first kappa shape index (κ1) is 15.5. The van der Waals surface area contributed by atoms with E-state index in [0.29, 0.717) is 0 Å². The zero-order valence-electron chi connectivity index (χ0n) is 13.1. The Labute approximate surface area is 126 Å². The van der Waals surface area contributed by atoms with E-state index in [0.717, 1.165) is 37.1 Å². The number of hydrogen-bond donors (Lipinski definition) is 1. The molecule has 1 N–H and O–H groups in total. The number of benzene rings is 1. The molecule has 0 atom stereocenters. The molecule has 1 saturated carbocycles. The first-order valence-corrected chi connectivity index (χ1v) is 7.78. The first-order valence-electron chi connectivity index (χ1n) is 7.78. The number of nitrogens with zero attached hydrogens (tertiary/aromatic N) is 1. The van der Waals surface area contributed by atoms with Gasteiger partial charge in [-0.15, -0.1) is 0 Å². The van der Waals surface area contributed by atoms with Crippen molar-refractivity contribution in [2.75, 3.05) is 10.2 Å². The molecule has 0 radical (unpaired) electrons. The summed E-state index contributed by atoms with van der Waals surface area (Å²) in [5.41, 5.74) is 1.54. The summed E-state index contributed by atoms with van der Waals surface area (Å²) < 4.78 is 0. The van der Waals surface area contributed by atoms with Gasteiger partial charge >= 0.3 is 0 Å². The van der Waals surface area contributed by atoms with E-state index in [2.05, 4.69) is 5.32 Å². The van der Waals surface area contributed by atoms with Gasteiger partial charge in [-0.2, -0.15) is 0 Å². The minimum atomic E-state index is 0.0183. The zero-order chi connectivity index (χ0) is 15.4. The van der Waals surface area contributed by atoms with Gasteiger partial charge in [0.05, 0.1) is 11.4 Å². The van der Waals surface area contributed by atoms with Crippen molar-refractivity contribution in [1.82, 2.24) is 0 Å². The quantitative estimate of drug-likeness (QED) is 0.870. The normalized spacial score (nSPS) is 14.1. The van der Waals surface area contributed by atoms with Gasteiger partial charge in [0, 0.05) is 18.9 Å². The average Bonchev–Trinajstić information content (AvgIpc) is 3.26. The average molecular weight is 288 g/mol. The van der Waals surface area contributed by atoms with E-state index < -0.39 is 0 Å². The summed E-state index contributed by atoms with van der Waals surface area (Å²) in [6.45, 7) is 5.62. The highest BCUT2D eigenvalue weighted by Gasteiger charge is 2.33. The second kappa shape index (κ2) is 6.74. The van der Waals surface area contributed by atoms with Crippen LogP contribution in [-0.4, -0.2) is 17.9 Å². The zero-order valence-corrected chi connectivity index (χ0v) is 13.1. The number of rotatable bonds is 6. The van der Waals surface area contributed by atoms with Crippen LogP contribution >= 0.6 is 0 Å². The summed E-state index contributed by atoms with van der Waals surface area (Å²) in [5, 5.41) is 3.00. The van der Waals surface area contributed by atoms with Crippen LogP contribution in [0.25, 0.3) is 0 Å². The number of hydrogen-bond acceptors (Lipinski definition) is 2. The third-order valence-electron chi connectivity index (χ3n) is 4.03. The Balaban J connectivity index is 2.24. The van der Waals surface area contributed by atoms with E-state index >= 15 is 0 Å². The van der Waals surface area contributed by atoms with Crippen LogP contribution in [0.4, 0.5) is 11.4 Å². The highest BCUT2D eigenvalue weighted by molar-refractivity contribution is 6.01. The summed E-state index contributed by atoms with van der Waals surface area (Å²) in [5.74, 6) is 0.0817. The minimum Gasteiger partial charge on any atom is -0.324 e. The number of para-hydroxylation sites is 2. The molecule has 0 aromatic heterocycles. The molecule has 1 aliphatic carbocycles. The molecule has 0 saturated heterocycles. The van der Waals surface area contributed by atoms with E-state index in [1.165, 1.54) is 0 Å². The number of nitrogens with one attached hydrogen (secondary N) is 1. The van der Waals surface area contributed by atoms with Crippen LogP contribution in [0.5, 0.6) is 0 Å². The maximum atomic E-state index is 12.3. The molecule has 4 nitrogen and oxygen atoms in total. The molecule has 1 aromatic carbocycles. The van der Waals surface area contributed by atoms with E-state index in [-0.39, 0.29) is 23.8 Å². The molecule has 1 aromatic rings. The van der Waals surface area contributed by atoms with Crippen molar-refractivity contribution in [3.63, 3.8) is 0 Å². The minimum absolute atomic E-state index is 0.0183. The fourth-order valence-electron chi connectivity index (χ4n) is 2.64. The van der Waals surface area contributed by atoms with Crippen LogP contribution in [0.1, 0.15) is 46.5 Å². The number of amides is 2. The molecule has 4 heteroatoms. The summed E-state index contributed by atoms with van der Waals surface area (Å²) in [7, 11) is 0. The maximum Gasteiger partial charge on any atom is 0.227 e. The molecule has 1 fully saturated rings. The lowest BCUT2D eigenvalue weighted by atomic mass is 10.0. The fourth-order valence-corrected chi connectivity index (χ4v) is 2.64. The SMILES string of the molecule is CCC(CC)C(=O)Nc1ccccc1N(C(C)=O)C1CC1. The molecule has 0 heterocycles. The van der Waals surface area contributed by atoms with Gasteiger partial charge in [0.2, 0.25) is 11.8 Å². The van der Waals surface area contributed by atoms with E-state index in [4.69, 9.17) is 0 Å². The van der Waals surface area contributed by atoms with Crippen LogP contribution in [-0.2, 0) is 9.59 Å². The predicted octanol–water partition coefficient (Wildman–Crippen LogP) is 3.58. The second-order valence-electron chi connectivity index (χ2n) is 5.64. The van der Waals surface area contributed by atoms with Gasteiger partial charge in [0.15, 0.2) is 0 Å². The van der Waals surface area contributed by atoms with E-state index in [1.54, 1.807) is 6.92 Å². The Hall–Kier alpha value is -1.84. The second-order valence-corrected chi connectivity index (χ2v) is 5.64. The van der Waals surface area contributed by atoms with Crippen molar-refractivity contribution in [3.8, 4) is 0 Å². The Kier molecular flexibility index (Phi) is 4.99. The van der Waals surface area contributed by atoms with Crippen LogP contribution in [0.15, 0.2) is 24.3 Å². The topological polar surface area (TPSA) is 49.4 Å². The molecule has 0 bridgehead atoms. The van der Waals surface area contributed by atoms with Gasteiger partial charge in [0.25, 0.3) is 0 Å². The molecule has 2 rings (SSSR count). The molecular weight excluding hydrogens is 264 g/mol. The fraction of sp³-hybridized carbons (Fsp3) is 0.529. The summed E-state index contributed by atoms with van der Waals surface area (Å²) in [4.78, 5) is 26.0. The highest BCUT2D eigenvalue weighted by Crippen LogP contribution is 2.36. The lowest BCUT2D eigenvalue weighted by molar-refractivity contribution is -0.120. The molecule has 1 aliphatic rings. The van der Waals surface area contributed by atoms with Gasteiger partial charge in [-0.1, -0.05) is 26.0 Å². The van der Waals surface area contributed by atoms with Crippen molar-refractivity contribution in [1.29, 1.82) is 0 Å². The number of carbonyl (C=O) groups is 2. The van der Waals surface area contributed by atoms with Crippen LogP contribution in [0, 0.1) is 5.92 Å². The Morgan fingerprint density at radius 3 is 2.38 bits per heavy atom. The van der Waals surface area contributed by atoms with Crippen molar-refractivity contribution < 1.29 is 9.59 Å². The smallest absolute Gasteiger partial charge is 0.227 e. The van der Waals surface area contributed by atoms with Crippen molar-refractivity contribution in [3.05, 3.63) is 24.3 Å². The molecule has 0 aliphatic heterocycles. The largest absolute Gasteiger partial charge is 0.324 e. The lowest BCUT2D eigenvalue weighted by Crippen LogP contribution is -2.32. The molecule has 114 valence electrons. The predicted molar refractivity (Wildman–Crippen MR) is 85.3 cm³/mol. The number of anilines is 2. The Morgan fingerprint density at radius 2 is 1.86 bits per heavy atom. The van der Waals surface area contributed by atoms with Crippen molar-refractivity contribution in [2.45, 2.75) is 52.5 Å². The van der Waals surface area contributed by atoms with Gasteiger partial charge in [-0.25, -0.2) is 0 Å². The summed E-state index contributed by atoms with van der Waals surface area (Å²) in [6, 6.07) is 7.85. The standard InChI is InChI=1S/C17H24N2O2/c1-4-13(5-2)17(21)18-15-8-6-7-9-16(15)19(12(3)20)14-10-11-14/h6-9,13-14H,4-5,10-11H2,1-3H3,(H,18,21). The van der Waals surface area contributed by atoms with Crippen molar-refractivity contribution in [2.24, 2.45) is 5.92 Å². The Bertz CT molecular complexity index is 519. The highest BCUT2D eigenvalue weighted by atomic mass is 16.2. The van der Waals surface area contributed by atoms with Gasteiger partial charge in [-0.05, 0) is 37.8 Å². The molecule has 21 heavy (non-hydrogen) atoms. The van der Waals surface area contributed by atoms with Gasteiger partial charge in [0.1, 0.15) is 0 Å². The maximum absolute atomic E-state index is 12.3. The lowest BCUT2D eigenvalue weighted by Gasteiger charge is -2.24. The van der Waals surface area contributed by atoms with E-state index in [1.807, 2.05) is 43.0 Å². The van der Waals surface area contributed by atoms with Crippen LogP contribution in [0.3, 0.4) is 0 Å².